The Morgan fingerprint density at radius 1 is 1.22 bits per heavy atom. The van der Waals surface area contributed by atoms with Gasteiger partial charge in [0, 0.05) is 30.3 Å². The van der Waals surface area contributed by atoms with Crippen LogP contribution in [-0.2, 0) is 19.5 Å². The molecule has 0 saturated carbocycles. The van der Waals surface area contributed by atoms with E-state index < -0.39 is 0 Å². The van der Waals surface area contributed by atoms with Gasteiger partial charge in [0.25, 0.3) is 5.91 Å². The number of carbonyl (C=O) groups excluding carboxylic acids is 1. The minimum atomic E-state index is -0.0332. The maximum absolute atomic E-state index is 13.2. The van der Waals surface area contributed by atoms with Crippen LogP contribution in [0, 0.1) is 12.8 Å². The lowest BCUT2D eigenvalue weighted by Crippen LogP contribution is -2.25. The van der Waals surface area contributed by atoms with Gasteiger partial charge in [0.05, 0.1) is 17.8 Å². The van der Waals surface area contributed by atoms with E-state index in [1.54, 1.807) is 0 Å². The summed E-state index contributed by atoms with van der Waals surface area (Å²) < 4.78 is 5.85. The lowest BCUT2D eigenvalue weighted by Gasteiger charge is -2.14. The van der Waals surface area contributed by atoms with Crippen LogP contribution < -0.4 is 0 Å². The van der Waals surface area contributed by atoms with E-state index in [4.69, 9.17) is 4.42 Å². The van der Waals surface area contributed by atoms with E-state index >= 15 is 0 Å². The standard InChI is InChI=1S/C22H23N3O2/c1-14(2)9-20-23-11-17-12-25(13-19(17)24-20)22(26)18-10-15(3)27-21(18)16-7-5-4-6-8-16/h4-8,10-11,14H,9,12-13H2,1-3H3. The fraction of sp³-hybridized carbons (Fsp3) is 0.318. The molecule has 1 aliphatic rings. The van der Waals surface area contributed by atoms with Crippen LogP contribution in [0.2, 0.25) is 0 Å². The van der Waals surface area contributed by atoms with Gasteiger partial charge in [0.1, 0.15) is 17.3 Å². The summed E-state index contributed by atoms with van der Waals surface area (Å²) in [6.07, 6.45) is 2.71. The zero-order chi connectivity index (χ0) is 19.0. The third-order valence-electron chi connectivity index (χ3n) is 4.71. The van der Waals surface area contributed by atoms with Gasteiger partial charge in [0.2, 0.25) is 0 Å². The Morgan fingerprint density at radius 3 is 2.74 bits per heavy atom. The van der Waals surface area contributed by atoms with Gasteiger partial charge in [-0.1, -0.05) is 44.2 Å². The van der Waals surface area contributed by atoms with Crippen LogP contribution in [0.15, 0.2) is 47.0 Å². The summed E-state index contributed by atoms with van der Waals surface area (Å²) >= 11 is 0. The molecule has 2 aromatic heterocycles. The minimum Gasteiger partial charge on any atom is -0.461 e. The van der Waals surface area contributed by atoms with Gasteiger partial charge in [-0.05, 0) is 18.9 Å². The second kappa shape index (κ2) is 6.99. The van der Waals surface area contributed by atoms with Gasteiger partial charge in [0.15, 0.2) is 0 Å². The van der Waals surface area contributed by atoms with Crippen molar-refractivity contribution >= 4 is 5.91 Å². The Labute approximate surface area is 159 Å². The SMILES string of the molecule is Cc1cc(C(=O)N2Cc3cnc(CC(C)C)nc3C2)c(-c2ccccc2)o1. The monoisotopic (exact) mass is 361 g/mol. The largest absolute Gasteiger partial charge is 0.461 e. The number of rotatable bonds is 4. The van der Waals surface area contributed by atoms with Crippen LogP contribution >= 0.6 is 0 Å². The highest BCUT2D eigenvalue weighted by molar-refractivity contribution is 6.00. The summed E-state index contributed by atoms with van der Waals surface area (Å²) in [6.45, 7) is 7.22. The van der Waals surface area contributed by atoms with E-state index in [1.165, 1.54) is 0 Å². The summed E-state index contributed by atoms with van der Waals surface area (Å²) in [6, 6.07) is 11.6. The van der Waals surface area contributed by atoms with E-state index in [2.05, 4.69) is 23.8 Å². The molecule has 1 aromatic carbocycles. The van der Waals surface area contributed by atoms with E-state index in [9.17, 15) is 4.79 Å². The molecule has 0 radical (unpaired) electrons. The van der Waals surface area contributed by atoms with E-state index in [1.807, 2.05) is 54.4 Å². The molecular weight excluding hydrogens is 338 g/mol. The van der Waals surface area contributed by atoms with Crippen molar-refractivity contribution in [2.45, 2.75) is 40.3 Å². The van der Waals surface area contributed by atoms with Crippen LogP contribution in [-0.4, -0.2) is 20.8 Å². The molecule has 3 aromatic rings. The Balaban J connectivity index is 1.60. The number of amides is 1. The number of aromatic nitrogens is 2. The number of furan rings is 1. The lowest BCUT2D eigenvalue weighted by atomic mass is 10.1. The highest BCUT2D eigenvalue weighted by atomic mass is 16.3. The Kier molecular flexibility index (Phi) is 4.52. The third kappa shape index (κ3) is 3.50. The molecular formula is C22H23N3O2. The van der Waals surface area contributed by atoms with Crippen LogP contribution in [0.3, 0.4) is 0 Å². The minimum absolute atomic E-state index is 0.0332. The van der Waals surface area contributed by atoms with Crippen molar-refractivity contribution in [1.29, 1.82) is 0 Å². The number of hydrogen-bond acceptors (Lipinski definition) is 4. The summed E-state index contributed by atoms with van der Waals surface area (Å²) in [5, 5.41) is 0. The molecule has 5 heteroatoms. The average Bonchev–Trinajstić information content (AvgIpc) is 3.24. The zero-order valence-electron chi connectivity index (χ0n) is 15.9. The molecule has 3 heterocycles. The Bertz CT molecular complexity index is 976. The van der Waals surface area contributed by atoms with E-state index in [0.29, 0.717) is 30.3 Å². The van der Waals surface area contributed by atoms with Crippen molar-refractivity contribution in [2.75, 3.05) is 0 Å². The van der Waals surface area contributed by atoms with Crippen molar-refractivity contribution in [1.82, 2.24) is 14.9 Å². The van der Waals surface area contributed by atoms with Gasteiger partial charge in [-0.15, -0.1) is 0 Å². The van der Waals surface area contributed by atoms with Gasteiger partial charge in [-0.3, -0.25) is 4.79 Å². The Hall–Kier alpha value is -2.95. The molecule has 0 spiro atoms. The molecule has 0 fully saturated rings. The third-order valence-corrected chi connectivity index (χ3v) is 4.71. The van der Waals surface area contributed by atoms with Gasteiger partial charge in [-0.25, -0.2) is 9.97 Å². The smallest absolute Gasteiger partial charge is 0.258 e. The van der Waals surface area contributed by atoms with Crippen LogP contribution in [0.1, 0.15) is 47.0 Å². The fourth-order valence-electron chi connectivity index (χ4n) is 3.45. The zero-order valence-corrected chi connectivity index (χ0v) is 15.9. The highest BCUT2D eigenvalue weighted by Gasteiger charge is 2.29. The number of nitrogens with zero attached hydrogens (tertiary/aromatic N) is 3. The molecule has 1 aliphatic heterocycles. The molecule has 0 atom stereocenters. The first kappa shape index (κ1) is 17.5. The maximum atomic E-state index is 13.2. The number of hydrogen-bond donors (Lipinski definition) is 0. The van der Waals surface area contributed by atoms with E-state index in [-0.39, 0.29) is 5.91 Å². The second-order valence-electron chi connectivity index (χ2n) is 7.48. The number of aryl methyl sites for hydroxylation is 1. The number of fused-ring (bicyclic) bond motifs is 1. The van der Waals surface area contributed by atoms with Crippen LogP contribution in [0.5, 0.6) is 0 Å². The van der Waals surface area contributed by atoms with Crippen molar-refractivity contribution in [2.24, 2.45) is 5.92 Å². The predicted molar refractivity (Wildman–Crippen MR) is 103 cm³/mol. The first-order valence-electron chi connectivity index (χ1n) is 9.30. The van der Waals surface area contributed by atoms with Crippen molar-refractivity contribution in [3.05, 3.63) is 71.0 Å². The molecule has 4 rings (SSSR count). The number of benzene rings is 1. The van der Waals surface area contributed by atoms with Gasteiger partial charge in [-0.2, -0.15) is 0 Å². The molecule has 1 amide bonds. The first-order valence-corrected chi connectivity index (χ1v) is 9.30. The first-order chi connectivity index (χ1) is 13.0. The quantitative estimate of drug-likeness (QED) is 0.691. The second-order valence-corrected chi connectivity index (χ2v) is 7.48. The van der Waals surface area contributed by atoms with Gasteiger partial charge >= 0.3 is 0 Å². The molecule has 0 unspecified atom stereocenters. The van der Waals surface area contributed by atoms with E-state index in [0.717, 1.165) is 34.8 Å². The molecule has 0 aliphatic carbocycles. The van der Waals surface area contributed by atoms with Crippen molar-refractivity contribution < 1.29 is 9.21 Å². The van der Waals surface area contributed by atoms with Gasteiger partial charge < -0.3 is 9.32 Å². The van der Waals surface area contributed by atoms with Crippen LogP contribution in [0.25, 0.3) is 11.3 Å². The highest BCUT2D eigenvalue weighted by Crippen LogP contribution is 2.30. The lowest BCUT2D eigenvalue weighted by molar-refractivity contribution is 0.0750. The average molecular weight is 361 g/mol. The van der Waals surface area contributed by atoms with Crippen molar-refractivity contribution in [3.8, 4) is 11.3 Å². The predicted octanol–water partition coefficient (Wildman–Crippen LogP) is 4.40. The fourth-order valence-corrected chi connectivity index (χ4v) is 3.45. The summed E-state index contributed by atoms with van der Waals surface area (Å²) in [5.41, 5.74) is 3.49. The summed E-state index contributed by atoms with van der Waals surface area (Å²) in [7, 11) is 0. The van der Waals surface area contributed by atoms with Crippen molar-refractivity contribution in [3.63, 3.8) is 0 Å². The molecule has 0 N–H and O–H groups in total. The molecule has 5 nitrogen and oxygen atoms in total. The molecule has 27 heavy (non-hydrogen) atoms. The molecule has 0 bridgehead atoms. The Morgan fingerprint density at radius 2 is 2.00 bits per heavy atom. The summed E-state index contributed by atoms with van der Waals surface area (Å²) in [5.74, 6) is 2.68. The summed E-state index contributed by atoms with van der Waals surface area (Å²) in [4.78, 5) is 24.2. The maximum Gasteiger partial charge on any atom is 0.258 e. The van der Waals surface area contributed by atoms with Crippen LogP contribution in [0.4, 0.5) is 0 Å². The molecule has 0 saturated heterocycles. The number of carbonyl (C=O) groups is 1. The topological polar surface area (TPSA) is 59.2 Å². The molecule has 138 valence electrons. The normalized spacial score (nSPS) is 13.3.